The number of phenols is 1. The summed E-state index contributed by atoms with van der Waals surface area (Å²) >= 11 is 5.68. The molecule has 0 aliphatic rings. The Kier molecular flexibility index (Phi) is 4.36. The van der Waals surface area contributed by atoms with E-state index in [1.807, 2.05) is 6.07 Å². The molecule has 0 heterocycles. The third-order valence-corrected chi connectivity index (χ3v) is 4.14. The van der Waals surface area contributed by atoms with Crippen LogP contribution in [0, 0.1) is 11.3 Å². The van der Waals surface area contributed by atoms with Crippen molar-refractivity contribution in [1.29, 1.82) is 5.26 Å². The normalized spacial score (nSPS) is 10.9. The Balaban J connectivity index is 2.16. The highest BCUT2D eigenvalue weighted by Crippen LogP contribution is 2.27. The fourth-order valence-corrected chi connectivity index (χ4v) is 3.07. The molecule has 5 nitrogen and oxygen atoms in total. The summed E-state index contributed by atoms with van der Waals surface area (Å²) in [7, 11) is -3.68. The Labute approximate surface area is 127 Å². The first-order chi connectivity index (χ1) is 9.89. The summed E-state index contributed by atoms with van der Waals surface area (Å²) in [5, 5.41) is 18.6. The van der Waals surface area contributed by atoms with Crippen LogP contribution in [0.5, 0.6) is 5.75 Å². The lowest BCUT2D eigenvalue weighted by molar-refractivity contribution is 0.477. The molecular weight excluding hydrogens is 312 g/mol. The van der Waals surface area contributed by atoms with Gasteiger partial charge in [0, 0.05) is 11.1 Å². The molecule has 0 unspecified atom stereocenters. The predicted molar refractivity (Wildman–Crippen MR) is 80.5 cm³/mol. The van der Waals surface area contributed by atoms with Gasteiger partial charge in [0.1, 0.15) is 5.75 Å². The van der Waals surface area contributed by atoms with Crippen molar-refractivity contribution in [2.45, 2.75) is 5.75 Å². The SMILES string of the molecule is N#Cc1ccc(CS(=O)(=O)Nc2ccc(Cl)cc2O)cc1. The molecule has 7 heteroatoms. The van der Waals surface area contributed by atoms with Crippen LogP contribution >= 0.6 is 11.6 Å². The van der Waals surface area contributed by atoms with Crippen LogP contribution in [0.3, 0.4) is 0 Å². The number of sulfonamides is 1. The van der Waals surface area contributed by atoms with Gasteiger partial charge < -0.3 is 5.11 Å². The standard InChI is InChI=1S/C14H11ClN2O3S/c15-12-5-6-13(14(18)7-12)17-21(19,20)9-11-3-1-10(8-16)2-4-11/h1-7,17-18H,9H2. The summed E-state index contributed by atoms with van der Waals surface area (Å²) in [5.74, 6) is -0.508. The van der Waals surface area contributed by atoms with Crippen molar-refractivity contribution in [3.05, 3.63) is 58.6 Å². The fraction of sp³-hybridized carbons (Fsp3) is 0.0714. The minimum atomic E-state index is -3.68. The molecule has 2 aromatic rings. The molecule has 2 rings (SSSR count). The number of aromatic hydroxyl groups is 1. The van der Waals surface area contributed by atoms with E-state index in [-0.39, 0.29) is 17.2 Å². The van der Waals surface area contributed by atoms with Crippen LogP contribution in [-0.2, 0) is 15.8 Å². The number of hydrogen-bond acceptors (Lipinski definition) is 4. The van der Waals surface area contributed by atoms with Crippen molar-refractivity contribution in [2.24, 2.45) is 0 Å². The molecule has 0 spiro atoms. The molecule has 0 amide bonds. The summed E-state index contributed by atoms with van der Waals surface area (Å²) in [6.45, 7) is 0. The van der Waals surface area contributed by atoms with Gasteiger partial charge in [0.15, 0.2) is 0 Å². The highest BCUT2D eigenvalue weighted by molar-refractivity contribution is 7.91. The predicted octanol–water partition coefficient (Wildman–Crippen LogP) is 2.86. The van der Waals surface area contributed by atoms with Gasteiger partial charge in [-0.2, -0.15) is 5.26 Å². The number of nitrogens with zero attached hydrogens (tertiary/aromatic N) is 1. The van der Waals surface area contributed by atoms with E-state index in [0.29, 0.717) is 16.1 Å². The van der Waals surface area contributed by atoms with Crippen molar-refractivity contribution in [1.82, 2.24) is 0 Å². The number of anilines is 1. The van der Waals surface area contributed by atoms with Gasteiger partial charge in [-0.15, -0.1) is 0 Å². The number of benzene rings is 2. The van der Waals surface area contributed by atoms with E-state index >= 15 is 0 Å². The summed E-state index contributed by atoms with van der Waals surface area (Å²) < 4.78 is 26.4. The third-order valence-electron chi connectivity index (χ3n) is 2.66. The number of nitrogens with one attached hydrogen (secondary N) is 1. The van der Waals surface area contributed by atoms with Crippen molar-refractivity contribution < 1.29 is 13.5 Å². The van der Waals surface area contributed by atoms with Crippen molar-refractivity contribution >= 4 is 27.3 Å². The first-order valence-corrected chi connectivity index (χ1v) is 7.91. The van der Waals surface area contributed by atoms with Gasteiger partial charge in [-0.3, -0.25) is 4.72 Å². The molecule has 0 atom stereocenters. The van der Waals surface area contributed by atoms with Crippen LogP contribution in [0.2, 0.25) is 5.02 Å². The van der Waals surface area contributed by atoms with E-state index in [4.69, 9.17) is 16.9 Å². The largest absolute Gasteiger partial charge is 0.506 e. The molecule has 21 heavy (non-hydrogen) atoms. The van der Waals surface area contributed by atoms with Crippen molar-refractivity contribution in [3.63, 3.8) is 0 Å². The van der Waals surface area contributed by atoms with Crippen LogP contribution in [0.1, 0.15) is 11.1 Å². The number of hydrogen-bond donors (Lipinski definition) is 2. The van der Waals surface area contributed by atoms with E-state index in [0.717, 1.165) is 0 Å². The maximum absolute atomic E-state index is 12.0. The second-order valence-electron chi connectivity index (χ2n) is 4.33. The lowest BCUT2D eigenvalue weighted by atomic mass is 10.2. The van der Waals surface area contributed by atoms with Gasteiger partial charge in [0.25, 0.3) is 0 Å². The fourth-order valence-electron chi connectivity index (χ4n) is 1.69. The monoisotopic (exact) mass is 322 g/mol. The van der Waals surface area contributed by atoms with Gasteiger partial charge in [-0.1, -0.05) is 23.7 Å². The average molecular weight is 323 g/mol. The first kappa shape index (κ1) is 15.2. The summed E-state index contributed by atoms with van der Waals surface area (Å²) in [6, 6.07) is 12.3. The lowest BCUT2D eigenvalue weighted by Gasteiger charge is -2.10. The summed E-state index contributed by atoms with van der Waals surface area (Å²) in [6.07, 6.45) is 0. The Morgan fingerprint density at radius 3 is 2.43 bits per heavy atom. The van der Waals surface area contributed by atoms with Crippen LogP contribution in [0.25, 0.3) is 0 Å². The Bertz CT molecular complexity index is 796. The Morgan fingerprint density at radius 1 is 1.19 bits per heavy atom. The van der Waals surface area contributed by atoms with Crippen molar-refractivity contribution in [2.75, 3.05) is 4.72 Å². The zero-order valence-electron chi connectivity index (χ0n) is 10.7. The van der Waals surface area contributed by atoms with E-state index in [9.17, 15) is 13.5 Å². The highest BCUT2D eigenvalue weighted by Gasteiger charge is 2.14. The lowest BCUT2D eigenvalue weighted by Crippen LogP contribution is -2.15. The molecule has 108 valence electrons. The number of halogens is 1. The van der Waals surface area contributed by atoms with Crippen LogP contribution in [-0.4, -0.2) is 13.5 Å². The van der Waals surface area contributed by atoms with Crippen LogP contribution < -0.4 is 4.72 Å². The average Bonchev–Trinajstić information content (AvgIpc) is 2.42. The Hall–Kier alpha value is -2.23. The van der Waals surface area contributed by atoms with Gasteiger partial charge in [-0.25, -0.2) is 8.42 Å². The van der Waals surface area contributed by atoms with E-state index in [2.05, 4.69) is 4.72 Å². The molecular formula is C14H11ClN2O3S. The maximum Gasteiger partial charge on any atom is 0.237 e. The zero-order chi connectivity index (χ0) is 15.5. The van der Waals surface area contributed by atoms with Gasteiger partial charge in [0.05, 0.1) is 23.1 Å². The molecule has 0 aliphatic carbocycles. The molecule has 0 fully saturated rings. The van der Waals surface area contributed by atoms with Gasteiger partial charge in [0.2, 0.25) is 10.0 Å². The molecule has 0 saturated heterocycles. The second kappa shape index (κ2) is 6.04. The zero-order valence-corrected chi connectivity index (χ0v) is 12.3. The quantitative estimate of drug-likeness (QED) is 0.847. The molecule has 2 aromatic carbocycles. The minimum absolute atomic E-state index is 0.0630. The van der Waals surface area contributed by atoms with Crippen LogP contribution in [0.4, 0.5) is 5.69 Å². The van der Waals surface area contributed by atoms with Crippen LogP contribution in [0.15, 0.2) is 42.5 Å². The molecule has 0 radical (unpaired) electrons. The molecule has 0 bridgehead atoms. The number of nitriles is 1. The molecule has 0 saturated carbocycles. The Morgan fingerprint density at radius 2 is 1.86 bits per heavy atom. The van der Waals surface area contributed by atoms with Gasteiger partial charge >= 0.3 is 0 Å². The number of rotatable bonds is 4. The van der Waals surface area contributed by atoms with E-state index < -0.39 is 10.0 Å². The van der Waals surface area contributed by atoms with Gasteiger partial charge in [-0.05, 0) is 29.8 Å². The second-order valence-corrected chi connectivity index (χ2v) is 6.49. The molecule has 0 aliphatic heterocycles. The first-order valence-electron chi connectivity index (χ1n) is 5.88. The minimum Gasteiger partial charge on any atom is -0.506 e. The summed E-state index contributed by atoms with van der Waals surface area (Å²) in [5.41, 5.74) is 1.06. The van der Waals surface area contributed by atoms with Crippen molar-refractivity contribution in [3.8, 4) is 11.8 Å². The summed E-state index contributed by atoms with van der Waals surface area (Å²) in [4.78, 5) is 0. The molecule has 2 N–H and O–H groups in total. The topological polar surface area (TPSA) is 90.2 Å². The molecule has 0 aromatic heterocycles. The third kappa shape index (κ3) is 4.12. The van der Waals surface area contributed by atoms with E-state index in [1.54, 1.807) is 24.3 Å². The smallest absolute Gasteiger partial charge is 0.237 e. The maximum atomic E-state index is 12.0. The number of phenolic OH excluding ortho intramolecular Hbond substituents is 1. The van der Waals surface area contributed by atoms with E-state index in [1.165, 1.54) is 18.2 Å². The highest BCUT2D eigenvalue weighted by atomic mass is 35.5.